The lowest BCUT2D eigenvalue weighted by Gasteiger charge is -2.11. The Labute approximate surface area is 148 Å². The molecule has 0 radical (unpaired) electrons. The molecule has 25 heavy (non-hydrogen) atoms. The average Bonchev–Trinajstić information content (AvgIpc) is 3.42. The summed E-state index contributed by atoms with van der Waals surface area (Å²) in [4.78, 5) is 12.3. The fraction of sp³-hybridized carbons (Fsp3) is 0.526. The molecule has 1 atom stereocenters. The quantitative estimate of drug-likeness (QED) is 0.800. The van der Waals surface area contributed by atoms with E-state index in [0.29, 0.717) is 11.7 Å². The Morgan fingerprint density at radius 3 is 2.68 bits per heavy atom. The molecule has 1 aromatic heterocycles. The van der Waals surface area contributed by atoms with Gasteiger partial charge in [0.25, 0.3) is 0 Å². The van der Waals surface area contributed by atoms with Gasteiger partial charge in [0.1, 0.15) is 5.75 Å². The molecule has 6 nitrogen and oxygen atoms in total. The van der Waals surface area contributed by atoms with Gasteiger partial charge in [0.05, 0.1) is 12.8 Å². The molecule has 2 aromatic rings. The number of methoxy groups -OCH3 is 1. The van der Waals surface area contributed by atoms with Crippen LogP contribution < -0.4 is 10.1 Å². The molecule has 134 valence electrons. The van der Waals surface area contributed by atoms with Crippen molar-refractivity contribution in [2.24, 2.45) is 11.8 Å². The van der Waals surface area contributed by atoms with Gasteiger partial charge in [-0.25, -0.2) is 4.68 Å². The minimum Gasteiger partial charge on any atom is -0.497 e. The number of carbonyl (C=O) groups is 1. The fourth-order valence-corrected chi connectivity index (χ4v) is 3.03. The lowest BCUT2D eigenvalue weighted by Crippen LogP contribution is -2.22. The number of carbonyl (C=O) groups excluding carboxylic acids is 1. The van der Waals surface area contributed by atoms with Crippen molar-refractivity contribution in [3.8, 4) is 5.75 Å². The number of amides is 1. The smallest absolute Gasteiger partial charge is 0.228 e. The summed E-state index contributed by atoms with van der Waals surface area (Å²) >= 11 is 0. The minimum absolute atomic E-state index is 0.0501. The van der Waals surface area contributed by atoms with Crippen LogP contribution in [-0.4, -0.2) is 28.0 Å². The van der Waals surface area contributed by atoms with Crippen molar-refractivity contribution >= 4 is 11.7 Å². The molecule has 1 amide bonds. The second-order valence-electron chi connectivity index (χ2n) is 6.67. The molecule has 0 aliphatic heterocycles. The third-order valence-electron chi connectivity index (χ3n) is 4.93. The highest BCUT2D eigenvalue weighted by Gasteiger charge is 2.33. The predicted molar refractivity (Wildman–Crippen MR) is 96.6 cm³/mol. The summed E-state index contributed by atoms with van der Waals surface area (Å²) in [6.07, 6.45) is 3.95. The molecule has 1 aromatic carbocycles. The maximum absolute atomic E-state index is 12.3. The fourth-order valence-electron chi connectivity index (χ4n) is 3.03. The number of nitrogens with one attached hydrogen (secondary N) is 1. The largest absolute Gasteiger partial charge is 0.497 e. The Hall–Kier alpha value is -2.37. The number of ether oxygens (including phenoxy) is 1. The predicted octanol–water partition coefficient (Wildman–Crippen LogP) is 3.08. The van der Waals surface area contributed by atoms with E-state index in [4.69, 9.17) is 4.74 Å². The van der Waals surface area contributed by atoms with Gasteiger partial charge in [-0.05, 0) is 49.3 Å². The van der Waals surface area contributed by atoms with E-state index in [1.54, 1.807) is 7.11 Å². The molecule has 6 heteroatoms. The van der Waals surface area contributed by atoms with Gasteiger partial charge >= 0.3 is 0 Å². The third kappa shape index (κ3) is 4.18. The average molecular weight is 342 g/mol. The van der Waals surface area contributed by atoms with Crippen LogP contribution in [0.5, 0.6) is 5.75 Å². The van der Waals surface area contributed by atoms with Gasteiger partial charge in [0.2, 0.25) is 5.91 Å². The molecule has 1 N–H and O–H groups in total. The van der Waals surface area contributed by atoms with Crippen molar-refractivity contribution in [3.63, 3.8) is 0 Å². The standard InChI is InChI=1S/C19H26N4O2/c1-4-17-18(20-19(24)13(2)15-7-8-15)21-22-23(17)12-11-14-5-9-16(25-3)10-6-14/h5-6,9-10,13,15H,4,7-8,11-12H2,1-3H3,(H,20,24)/t13-/m0/s1. The Kier molecular flexibility index (Phi) is 5.36. The molecule has 1 fully saturated rings. The first kappa shape index (κ1) is 17.5. The topological polar surface area (TPSA) is 69.0 Å². The zero-order valence-electron chi connectivity index (χ0n) is 15.2. The van der Waals surface area contributed by atoms with E-state index in [1.807, 2.05) is 23.7 Å². The van der Waals surface area contributed by atoms with Gasteiger partial charge in [-0.15, -0.1) is 5.10 Å². The second kappa shape index (κ2) is 7.68. The Morgan fingerprint density at radius 1 is 1.36 bits per heavy atom. The Morgan fingerprint density at radius 2 is 2.08 bits per heavy atom. The maximum atomic E-state index is 12.3. The van der Waals surface area contributed by atoms with E-state index in [-0.39, 0.29) is 11.8 Å². The van der Waals surface area contributed by atoms with E-state index >= 15 is 0 Å². The summed E-state index contributed by atoms with van der Waals surface area (Å²) in [5, 5.41) is 11.4. The monoisotopic (exact) mass is 342 g/mol. The highest BCUT2D eigenvalue weighted by Crippen LogP contribution is 2.37. The van der Waals surface area contributed by atoms with Crippen LogP contribution in [0.2, 0.25) is 0 Å². The highest BCUT2D eigenvalue weighted by atomic mass is 16.5. The second-order valence-corrected chi connectivity index (χ2v) is 6.67. The van der Waals surface area contributed by atoms with E-state index in [1.165, 1.54) is 5.56 Å². The van der Waals surface area contributed by atoms with Crippen molar-refractivity contribution in [3.05, 3.63) is 35.5 Å². The molecule has 1 saturated carbocycles. The number of hydrogen-bond donors (Lipinski definition) is 1. The van der Waals surface area contributed by atoms with Gasteiger partial charge in [-0.1, -0.05) is 31.2 Å². The summed E-state index contributed by atoms with van der Waals surface area (Å²) < 4.78 is 7.07. The summed E-state index contributed by atoms with van der Waals surface area (Å²) in [6.45, 7) is 4.78. The zero-order valence-corrected chi connectivity index (χ0v) is 15.2. The molecule has 0 spiro atoms. The van der Waals surface area contributed by atoms with Crippen LogP contribution in [0.4, 0.5) is 5.82 Å². The van der Waals surface area contributed by atoms with Crippen LogP contribution in [0.3, 0.4) is 0 Å². The number of nitrogens with zero attached hydrogens (tertiary/aromatic N) is 3. The number of hydrogen-bond acceptors (Lipinski definition) is 4. The van der Waals surface area contributed by atoms with Gasteiger partial charge in [0.15, 0.2) is 5.82 Å². The van der Waals surface area contributed by atoms with E-state index in [2.05, 4.69) is 34.7 Å². The lowest BCUT2D eigenvalue weighted by molar-refractivity contribution is -0.120. The molecular formula is C19H26N4O2. The number of benzene rings is 1. The highest BCUT2D eigenvalue weighted by molar-refractivity contribution is 5.92. The molecule has 0 bridgehead atoms. The number of rotatable bonds is 8. The van der Waals surface area contributed by atoms with Crippen LogP contribution in [0.25, 0.3) is 0 Å². The summed E-state index contributed by atoms with van der Waals surface area (Å²) in [7, 11) is 1.66. The van der Waals surface area contributed by atoms with E-state index in [9.17, 15) is 4.79 Å². The molecule has 3 rings (SSSR count). The Bertz CT molecular complexity index is 720. The van der Waals surface area contributed by atoms with Gasteiger partial charge in [0, 0.05) is 12.5 Å². The summed E-state index contributed by atoms with van der Waals surface area (Å²) in [6, 6.07) is 8.04. The van der Waals surface area contributed by atoms with Crippen LogP contribution in [0.1, 0.15) is 37.9 Å². The van der Waals surface area contributed by atoms with Crippen LogP contribution in [-0.2, 0) is 24.2 Å². The van der Waals surface area contributed by atoms with Crippen molar-refractivity contribution < 1.29 is 9.53 Å². The molecule has 1 heterocycles. The van der Waals surface area contributed by atoms with Crippen molar-refractivity contribution in [2.75, 3.05) is 12.4 Å². The summed E-state index contributed by atoms with van der Waals surface area (Å²) in [5.74, 6) is 2.10. The molecule has 0 saturated heterocycles. The maximum Gasteiger partial charge on any atom is 0.228 e. The SMILES string of the molecule is CCc1c(NC(=O)[C@@H](C)C2CC2)nnn1CCc1ccc(OC)cc1. The van der Waals surface area contributed by atoms with Crippen molar-refractivity contribution in [2.45, 2.75) is 46.1 Å². The van der Waals surface area contributed by atoms with Gasteiger partial charge in [-0.3, -0.25) is 4.79 Å². The summed E-state index contributed by atoms with van der Waals surface area (Å²) in [5.41, 5.74) is 2.19. The van der Waals surface area contributed by atoms with Crippen LogP contribution in [0.15, 0.2) is 24.3 Å². The van der Waals surface area contributed by atoms with E-state index in [0.717, 1.165) is 43.7 Å². The minimum atomic E-state index is 0.0501. The number of aromatic nitrogens is 3. The van der Waals surface area contributed by atoms with Crippen molar-refractivity contribution in [1.82, 2.24) is 15.0 Å². The van der Waals surface area contributed by atoms with Gasteiger partial charge in [-0.2, -0.15) is 0 Å². The molecule has 0 unspecified atom stereocenters. The van der Waals surface area contributed by atoms with Crippen molar-refractivity contribution in [1.29, 1.82) is 0 Å². The van der Waals surface area contributed by atoms with E-state index < -0.39 is 0 Å². The van der Waals surface area contributed by atoms with Gasteiger partial charge < -0.3 is 10.1 Å². The molecular weight excluding hydrogens is 316 g/mol. The lowest BCUT2D eigenvalue weighted by atomic mass is 10.1. The zero-order chi connectivity index (χ0) is 17.8. The first-order valence-corrected chi connectivity index (χ1v) is 8.98. The van der Waals surface area contributed by atoms with Crippen LogP contribution >= 0.6 is 0 Å². The first-order valence-electron chi connectivity index (χ1n) is 8.98. The number of anilines is 1. The normalized spacial score (nSPS) is 15.0. The molecule has 1 aliphatic rings. The molecule has 1 aliphatic carbocycles. The van der Waals surface area contributed by atoms with Crippen LogP contribution in [0, 0.1) is 11.8 Å². The number of aryl methyl sites for hydroxylation is 2. The Balaban J connectivity index is 1.63. The first-order chi connectivity index (χ1) is 12.1. The third-order valence-corrected chi connectivity index (χ3v) is 4.93.